The molecular formula is C25H23N3O2. The predicted molar refractivity (Wildman–Crippen MR) is 120 cm³/mol. The second-order valence-corrected chi connectivity index (χ2v) is 6.97. The Morgan fingerprint density at radius 1 is 0.967 bits per heavy atom. The van der Waals surface area contributed by atoms with Gasteiger partial charge >= 0.3 is 0 Å². The molecule has 0 aliphatic heterocycles. The van der Waals surface area contributed by atoms with Crippen molar-refractivity contribution in [1.82, 2.24) is 15.3 Å². The average Bonchev–Trinajstić information content (AvgIpc) is 2.82. The molecule has 0 unspecified atom stereocenters. The molecule has 5 nitrogen and oxygen atoms in total. The van der Waals surface area contributed by atoms with Crippen LogP contribution in [0.2, 0.25) is 0 Å². The Morgan fingerprint density at radius 2 is 1.60 bits per heavy atom. The average molecular weight is 397 g/mol. The smallest absolute Gasteiger partial charge is 0.255 e. The minimum absolute atomic E-state index is 0.235. The number of methoxy groups -OCH3 is 1. The van der Waals surface area contributed by atoms with Gasteiger partial charge in [-0.2, -0.15) is 0 Å². The van der Waals surface area contributed by atoms with Crippen LogP contribution in [0.3, 0.4) is 0 Å². The van der Waals surface area contributed by atoms with Crippen molar-refractivity contribution < 1.29 is 9.53 Å². The van der Waals surface area contributed by atoms with Gasteiger partial charge in [0.2, 0.25) is 0 Å². The SMILES string of the molecule is CCc1ccc(-c2ccc(-c3nc4ccncc4c(C(=O)NC)c3OC)cc2)cc1. The van der Waals surface area contributed by atoms with Crippen LogP contribution in [0.25, 0.3) is 33.3 Å². The number of nitrogens with zero attached hydrogens (tertiary/aromatic N) is 2. The molecule has 4 aromatic rings. The number of ether oxygens (including phenoxy) is 1. The van der Waals surface area contributed by atoms with Crippen LogP contribution in [-0.4, -0.2) is 30.0 Å². The van der Waals surface area contributed by atoms with Gasteiger partial charge in [-0.15, -0.1) is 0 Å². The largest absolute Gasteiger partial charge is 0.494 e. The zero-order chi connectivity index (χ0) is 21.1. The first kappa shape index (κ1) is 19.6. The van der Waals surface area contributed by atoms with Crippen molar-refractivity contribution >= 4 is 16.8 Å². The topological polar surface area (TPSA) is 64.1 Å². The summed E-state index contributed by atoms with van der Waals surface area (Å²) in [6, 6.07) is 18.5. The normalized spacial score (nSPS) is 10.8. The van der Waals surface area contributed by atoms with Crippen LogP contribution in [0.5, 0.6) is 5.75 Å². The van der Waals surface area contributed by atoms with E-state index < -0.39 is 0 Å². The van der Waals surface area contributed by atoms with E-state index in [0.29, 0.717) is 27.9 Å². The Balaban J connectivity index is 1.83. The summed E-state index contributed by atoms with van der Waals surface area (Å²) in [5, 5.41) is 3.35. The third-order valence-corrected chi connectivity index (χ3v) is 5.25. The number of fused-ring (bicyclic) bond motifs is 1. The Kier molecular flexibility index (Phi) is 5.44. The van der Waals surface area contributed by atoms with Gasteiger partial charge in [0.25, 0.3) is 5.91 Å². The van der Waals surface area contributed by atoms with Crippen molar-refractivity contribution in [2.45, 2.75) is 13.3 Å². The Morgan fingerprint density at radius 3 is 2.20 bits per heavy atom. The first-order valence-corrected chi connectivity index (χ1v) is 9.89. The molecule has 2 heterocycles. The Hall–Kier alpha value is -3.73. The molecule has 4 rings (SSSR count). The second-order valence-electron chi connectivity index (χ2n) is 6.97. The fourth-order valence-corrected chi connectivity index (χ4v) is 3.59. The fourth-order valence-electron chi connectivity index (χ4n) is 3.59. The van der Waals surface area contributed by atoms with Crippen molar-refractivity contribution in [2.24, 2.45) is 0 Å². The van der Waals surface area contributed by atoms with Crippen LogP contribution in [0.4, 0.5) is 0 Å². The predicted octanol–water partition coefficient (Wildman–Crippen LogP) is 4.89. The number of pyridine rings is 2. The summed E-state index contributed by atoms with van der Waals surface area (Å²) in [6.45, 7) is 2.15. The highest BCUT2D eigenvalue weighted by molar-refractivity contribution is 6.10. The lowest BCUT2D eigenvalue weighted by Crippen LogP contribution is -2.20. The van der Waals surface area contributed by atoms with Crippen molar-refractivity contribution in [3.05, 3.63) is 78.1 Å². The molecule has 5 heteroatoms. The minimum Gasteiger partial charge on any atom is -0.494 e. The lowest BCUT2D eigenvalue weighted by Gasteiger charge is -2.15. The lowest BCUT2D eigenvalue weighted by molar-refractivity contribution is 0.0962. The van der Waals surface area contributed by atoms with Gasteiger partial charge in [0.1, 0.15) is 5.69 Å². The van der Waals surface area contributed by atoms with Crippen LogP contribution in [0.1, 0.15) is 22.8 Å². The highest BCUT2D eigenvalue weighted by Crippen LogP contribution is 2.36. The highest BCUT2D eigenvalue weighted by atomic mass is 16.5. The van der Waals surface area contributed by atoms with Crippen molar-refractivity contribution in [3.63, 3.8) is 0 Å². The third kappa shape index (κ3) is 3.50. The summed E-state index contributed by atoms with van der Waals surface area (Å²) in [6.07, 6.45) is 4.33. The molecule has 0 atom stereocenters. The van der Waals surface area contributed by atoms with Gasteiger partial charge < -0.3 is 10.1 Å². The van der Waals surface area contributed by atoms with Gasteiger partial charge in [0, 0.05) is 30.4 Å². The molecule has 1 amide bonds. The molecule has 0 aliphatic carbocycles. The Labute approximate surface area is 175 Å². The first-order chi connectivity index (χ1) is 14.7. The van der Waals surface area contributed by atoms with Gasteiger partial charge in [-0.25, -0.2) is 4.98 Å². The standard InChI is InChI=1S/C25H23N3O2/c1-4-16-5-7-17(8-6-16)18-9-11-19(12-10-18)23-24(30-3)22(25(29)26-2)20-15-27-14-13-21(20)28-23/h5-15H,4H2,1-3H3,(H,26,29). The molecule has 0 bridgehead atoms. The second kappa shape index (κ2) is 8.33. The number of amides is 1. The van der Waals surface area contributed by atoms with Crippen LogP contribution in [-0.2, 0) is 6.42 Å². The van der Waals surface area contributed by atoms with Crippen LogP contribution < -0.4 is 10.1 Å². The van der Waals surface area contributed by atoms with E-state index >= 15 is 0 Å². The molecule has 0 aliphatic rings. The molecule has 0 saturated heterocycles. The monoisotopic (exact) mass is 397 g/mol. The fraction of sp³-hybridized carbons (Fsp3) is 0.160. The van der Waals surface area contributed by atoms with Gasteiger partial charge in [0.05, 0.1) is 18.2 Å². The third-order valence-electron chi connectivity index (χ3n) is 5.25. The van der Waals surface area contributed by atoms with Gasteiger partial charge in [-0.1, -0.05) is 55.5 Å². The van der Waals surface area contributed by atoms with E-state index in [-0.39, 0.29) is 5.91 Å². The zero-order valence-corrected chi connectivity index (χ0v) is 17.3. The number of hydrogen-bond donors (Lipinski definition) is 1. The summed E-state index contributed by atoms with van der Waals surface area (Å²) >= 11 is 0. The van der Waals surface area contributed by atoms with Crippen molar-refractivity contribution in [2.75, 3.05) is 14.2 Å². The van der Waals surface area contributed by atoms with E-state index in [1.54, 1.807) is 32.6 Å². The molecule has 1 N–H and O–H groups in total. The molecule has 0 spiro atoms. The minimum atomic E-state index is -0.235. The highest BCUT2D eigenvalue weighted by Gasteiger charge is 2.22. The number of nitrogens with one attached hydrogen (secondary N) is 1. The van der Waals surface area contributed by atoms with E-state index in [4.69, 9.17) is 9.72 Å². The van der Waals surface area contributed by atoms with E-state index in [0.717, 1.165) is 23.1 Å². The van der Waals surface area contributed by atoms with Crippen LogP contribution >= 0.6 is 0 Å². The maximum atomic E-state index is 12.6. The molecule has 0 fully saturated rings. The number of carbonyl (C=O) groups is 1. The molecular weight excluding hydrogens is 374 g/mol. The molecule has 2 aromatic heterocycles. The first-order valence-electron chi connectivity index (χ1n) is 9.89. The Bertz CT molecular complexity index is 1200. The van der Waals surface area contributed by atoms with Crippen molar-refractivity contribution in [3.8, 4) is 28.1 Å². The van der Waals surface area contributed by atoms with Gasteiger partial charge in [-0.05, 0) is 29.2 Å². The van der Waals surface area contributed by atoms with Crippen molar-refractivity contribution in [1.29, 1.82) is 0 Å². The maximum Gasteiger partial charge on any atom is 0.255 e. The van der Waals surface area contributed by atoms with Crippen LogP contribution in [0.15, 0.2) is 67.0 Å². The molecule has 2 aromatic carbocycles. The number of carbonyl (C=O) groups excluding carboxylic acids is 1. The summed E-state index contributed by atoms with van der Waals surface area (Å²) in [5.41, 5.74) is 6.24. The van der Waals surface area contributed by atoms with E-state index in [2.05, 4.69) is 53.6 Å². The van der Waals surface area contributed by atoms with E-state index in [1.807, 2.05) is 12.1 Å². The number of benzene rings is 2. The number of aromatic nitrogens is 2. The molecule has 30 heavy (non-hydrogen) atoms. The number of aryl methyl sites for hydroxylation is 1. The quantitative estimate of drug-likeness (QED) is 0.521. The summed E-state index contributed by atoms with van der Waals surface area (Å²) < 4.78 is 5.65. The van der Waals surface area contributed by atoms with Gasteiger partial charge in [0.15, 0.2) is 5.75 Å². The summed E-state index contributed by atoms with van der Waals surface area (Å²) in [4.78, 5) is 21.6. The molecule has 0 radical (unpaired) electrons. The summed E-state index contributed by atoms with van der Waals surface area (Å²) in [5.74, 6) is 0.205. The van der Waals surface area contributed by atoms with Gasteiger partial charge in [-0.3, -0.25) is 9.78 Å². The van der Waals surface area contributed by atoms with E-state index in [9.17, 15) is 4.79 Å². The number of hydrogen-bond acceptors (Lipinski definition) is 4. The summed E-state index contributed by atoms with van der Waals surface area (Å²) in [7, 11) is 3.15. The molecule has 0 saturated carbocycles. The zero-order valence-electron chi connectivity index (χ0n) is 17.3. The number of rotatable bonds is 5. The maximum absolute atomic E-state index is 12.6. The molecule has 150 valence electrons. The lowest BCUT2D eigenvalue weighted by atomic mass is 9.99. The van der Waals surface area contributed by atoms with E-state index in [1.165, 1.54) is 5.56 Å². The van der Waals surface area contributed by atoms with Crippen LogP contribution in [0, 0.1) is 0 Å².